The lowest BCUT2D eigenvalue weighted by molar-refractivity contribution is 0.115. The van der Waals surface area contributed by atoms with E-state index in [0.717, 1.165) is 12.8 Å². The molecule has 3 heteroatoms. The first-order valence-electron chi connectivity index (χ1n) is 5.37. The summed E-state index contributed by atoms with van der Waals surface area (Å²) in [6.07, 6.45) is 5.88. The highest BCUT2D eigenvalue weighted by atomic mass is 16.3. The maximum absolute atomic E-state index is 9.49. The fourth-order valence-electron chi connectivity index (χ4n) is 2.42. The first-order chi connectivity index (χ1) is 7.19. The lowest BCUT2D eigenvalue weighted by atomic mass is 9.90. The first kappa shape index (κ1) is 10.6. The van der Waals surface area contributed by atoms with E-state index in [4.69, 9.17) is 0 Å². The molecule has 1 unspecified atom stereocenters. The Balaban J connectivity index is 2.29. The van der Waals surface area contributed by atoms with Gasteiger partial charge in [0, 0.05) is 23.9 Å². The topological polar surface area (TPSA) is 36.4 Å². The van der Waals surface area contributed by atoms with Crippen molar-refractivity contribution in [2.75, 3.05) is 20.7 Å². The summed E-state index contributed by atoms with van der Waals surface area (Å²) in [6.45, 7) is 0.276. The summed E-state index contributed by atoms with van der Waals surface area (Å²) in [5.74, 6) is 0. The summed E-state index contributed by atoms with van der Waals surface area (Å²) in [6, 6.07) is 4.39. The van der Waals surface area contributed by atoms with Crippen molar-refractivity contribution in [2.24, 2.45) is 5.41 Å². The van der Waals surface area contributed by atoms with Crippen LogP contribution in [0.2, 0.25) is 0 Å². The number of rotatable bonds is 4. The molecule has 0 radical (unpaired) electrons. The molecule has 1 heterocycles. The molecule has 1 aliphatic carbocycles. The van der Waals surface area contributed by atoms with Gasteiger partial charge in [0.2, 0.25) is 0 Å². The van der Waals surface area contributed by atoms with Gasteiger partial charge in [-0.2, -0.15) is 0 Å². The molecule has 0 bridgehead atoms. The molecule has 2 rings (SSSR count). The van der Waals surface area contributed by atoms with Gasteiger partial charge in [0.25, 0.3) is 0 Å². The van der Waals surface area contributed by atoms with Gasteiger partial charge < -0.3 is 10.0 Å². The number of pyridine rings is 1. The first-order valence-corrected chi connectivity index (χ1v) is 5.37. The molecule has 3 nitrogen and oxygen atoms in total. The summed E-state index contributed by atoms with van der Waals surface area (Å²) in [5.41, 5.74) is 1.34. The van der Waals surface area contributed by atoms with Crippen molar-refractivity contribution in [3.05, 3.63) is 30.1 Å². The summed E-state index contributed by atoms with van der Waals surface area (Å²) < 4.78 is 0. The molecule has 1 fully saturated rings. The van der Waals surface area contributed by atoms with Crippen LogP contribution < -0.4 is 0 Å². The van der Waals surface area contributed by atoms with E-state index in [1.807, 2.05) is 24.5 Å². The highest BCUT2D eigenvalue weighted by Crippen LogP contribution is 2.56. The van der Waals surface area contributed by atoms with E-state index < -0.39 is 0 Å². The zero-order valence-electron chi connectivity index (χ0n) is 9.35. The van der Waals surface area contributed by atoms with E-state index in [2.05, 4.69) is 24.0 Å². The second-order valence-electron chi connectivity index (χ2n) is 4.67. The van der Waals surface area contributed by atoms with Gasteiger partial charge in [0.15, 0.2) is 0 Å². The molecule has 0 amide bonds. The lowest BCUT2D eigenvalue weighted by Gasteiger charge is -2.31. The van der Waals surface area contributed by atoms with Gasteiger partial charge in [-0.15, -0.1) is 0 Å². The van der Waals surface area contributed by atoms with Crippen LogP contribution in [0, 0.1) is 5.41 Å². The Morgan fingerprint density at radius 2 is 2.00 bits per heavy atom. The average molecular weight is 206 g/mol. The van der Waals surface area contributed by atoms with Crippen molar-refractivity contribution < 1.29 is 5.11 Å². The van der Waals surface area contributed by atoms with Crippen LogP contribution in [0.1, 0.15) is 24.4 Å². The molecule has 0 aromatic carbocycles. The highest BCUT2D eigenvalue weighted by molar-refractivity contribution is 5.21. The normalized spacial score (nSPS) is 20.3. The molecule has 15 heavy (non-hydrogen) atoms. The highest BCUT2D eigenvalue weighted by Gasteiger charge is 2.50. The fraction of sp³-hybridized carbons (Fsp3) is 0.583. The van der Waals surface area contributed by atoms with Crippen LogP contribution >= 0.6 is 0 Å². The Morgan fingerprint density at radius 1 is 1.40 bits per heavy atom. The van der Waals surface area contributed by atoms with E-state index in [1.54, 1.807) is 0 Å². The van der Waals surface area contributed by atoms with Crippen LogP contribution in [0.4, 0.5) is 0 Å². The van der Waals surface area contributed by atoms with Crippen LogP contribution in [0.3, 0.4) is 0 Å². The zero-order valence-corrected chi connectivity index (χ0v) is 9.35. The predicted octanol–water partition coefficient (Wildman–Crippen LogP) is 1.46. The largest absolute Gasteiger partial charge is 0.396 e. The quantitative estimate of drug-likeness (QED) is 0.810. The van der Waals surface area contributed by atoms with Crippen LogP contribution in [0.25, 0.3) is 0 Å². The molecular formula is C12H18N2O. The number of hydrogen-bond donors (Lipinski definition) is 1. The summed E-state index contributed by atoms with van der Waals surface area (Å²) in [5, 5.41) is 9.49. The Kier molecular flexibility index (Phi) is 2.76. The summed E-state index contributed by atoms with van der Waals surface area (Å²) in [4.78, 5) is 6.23. The van der Waals surface area contributed by atoms with Gasteiger partial charge in [-0.25, -0.2) is 0 Å². The smallest absolute Gasteiger partial charge is 0.0505 e. The van der Waals surface area contributed by atoms with E-state index in [1.165, 1.54) is 5.56 Å². The van der Waals surface area contributed by atoms with Crippen molar-refractivity contribution >= 4 is 0 Å². The third-order valence-electron chi connectivity index (χ3n) is 3.33. The maximum Gasteiger partial charge on any atom is 0.0505 e. The molecule has 82 valence electrons. The fourth-order valence-corrected chi connectivity index (χ4v) is 2.42. The van der Waals surface area contributed by atoms with Crippen molar-refractivity contribution in [1.29, 1.82) is 0 Å². The molecule has 1 saturated carbocycles. The standard InChI is InChI=1S/C12H18N2O/c1-14(2)11(12(9-15)5-6-12)10-3-7-13-8-4-10/h3-4,7-8,11,15H,5-6,9H2,1-2H3. The second kappa shape index (κ2) is 3.91. The number of aliphatic hydroxyl groups excluding tert-OH is 1. The van der Waals surface area contributed by atoms with Gasteiger partial charge in [-0.1, -0.05) is 0 Å². The average Bonchev–Trinajstić information content (AvgIpc) is 3.00. The third kappa shape index (κ3) is 1.90. The number of aromatic nitrogens is 1. The van der Waals surface area contributed by atoms with Crippen molar-refractivity contribution in [1.82, 2.24) is 9.88 Å². The Hall–Kier alpha value is -0.930. The summed E-state index contributed by atoms with van der Waals surface area (Å²) >= 11 is 0. The molecular weight excluding hydrogens is 188 g/mol. The number of aliphatic hydroxyl groups is 1. The van der Waals surface area contributed by atoms with E-state index in [-0.39, 0.29) is 12.0 Å². The monoisotopic (exact) mass is 206 g/mol. The Labute approximate surface area is 90.8 Å². The molecule has 1 aromatic rings. The Bertz CT molecular complexity index is 320. The molecule has 1 atom stereocenters. The molecule has 1 aliphatic rings. The van der Waals surface area contributed by atoms with Gasteiger partial charge in [-0.05, 0) is 44.6 Å². The number of hydrogen-bond acceptors (Lipinski definition) is 3. The molecule has 1 aromatic heterocycles. The minimum Gasteiger partial charge on any atom is -0.396 e. The van der Waals surface area contributed by atoms with Gasteiger partial charge >= 0.3 is 0 Å². The molecule has 1 N–H and O–H groups in total. The SMILES string of the molecule is CN(C)C(c1ccncc1)C1(CO)CC1. The maximum atomic E-state index is 9.49. The van der Waals surface area contributed by atoms with Crippen LogP contribution in [-0.4, -0.2) is 35.7 Å². The van der Waals surface area contributed by atoms with Crippen molar-refractivity contribution in [2.45, 2.75) is 18.9 Å². The van der Waals surface area contributed by atoms with Gasteiger partial charge in [0.05, 0.1) is 6.61 Å². The molecule has 0 aliphatic heterocycles. The number of nitrogens with zero attached hydrogens (tertiary/aromatic N) is 2. The lowest BCUT2D eigenvalue weighted by Crippen LogP contribution is -2.30. The van der Waals surface area contributed by atoms with Crippen LogP contribution in [-0.2, 0) is 0 Å². The zero-order chi connectivity index (χ0) is 10.9. The van der Waals surface area contributed by atoms with Crippen molar-refractivity contribution in [3.8, 4) is 0 Å². The van der Waals surface area contributed by atoms with Crippen molar-refractivity contribution in [3.63, 3.8) is 0 Å². The van der Waals surface area contributed by atoms with Crippen LogP contribution in [0.15, 0.2) is 24.5 Å². The Morgan fingerprint density at radius 3 is 2.40 bits per heavy atom. The third-order valence-corrected chi connectivity index (χ3v) is 3.33. The van der Waals surface area contributed by atoms with Gasteiger partial charge in [-0.3, -0.25) is 4.98 Å². The van der Waals surface area contributed by atoms with Gasteiger partial charge in [0.1, 0.15) is 0 Å². The van der Waals surface area contributed by atoms with E-state index in [9.17, 15) is 5.11 Å². The molecule has 0 spiro atoms. The van der Waals surface area contributed by atoms with E-state index in [0.29, 0.717) is 6.04 Å². The second-order valence-corrected chi connectivity index (χ2v) is 4.67. The predicted molar refractivity (Wildman–Crippen MR) is 59.4 cm³/mol. The summed E-state index contributed by atoms with van der Waals surface area (Å²) in [7, 11) is 4.14. The minimum atomic E-state index is 0.0881. The minimum absolute atomic E-state index is 0.0881. The van der Waals surface area contributed by atoms with Crippen LogP contribution in [0.5, 0.6) is 0 Å². The van der Waals surface area contributed by atoms with E-state index >= 15 is 0 Å². The molecule has 0 saturated heterocycles.